The molecular weight excluding hydrogens is 246 g/mol. The van der Waals surface area contributed by atoms with Gasteiger partial charge in [-0.3, -0.25) is 9.59 Å². The van der Waals surface area contributed by atoms with Crippen molar-refractivity contribution in [2.75, 3.05) is 0 Å². The van der Waals surface area contributed by atoms with Crippen LogP contribution in [0.3, 0.4) is 0 Å². The molecule has 100 valence electrons. The van der Waals surface area contributed by atoms with Crippen LogP contribution < -0.4 is 5.32 Å². The summed E-state index contributed by atoms with van der Waals surface area (Å²) >= 11 is 0. The lowest BCUT2D eigenvalue weighted by Gasteiger charge is -2.13. The molecule has 1 aliphatic carbocycles. The van der Waals surface area contributed by atoms with Crippen LogP contribution in [0.15, 0.2) is 24.3 Å². The Bertz CT molecular complexity index is 491. The third-order valence-corrected chi connectivity index (χ3v) is 2.86. The molecule has 1 aliphatic rings. The van der Waals surface area contributed by atoms with Crippen LogP contribution in [0.4, 0.5) is 0 Å². The highest BCUT2D eigenvalue weighted by molar-refractivity contribution is 5.93. The minimum atomic E-state index is -0.821. The standard InChI is InChI=1S/C14H15NO4/c1-9(13(17)15-12-6-7-12)19-14(18)11-4-2-10(8-16)3-5-11/h2-5,8-9,12H,6-7H2,1H3,(H,15,17)/t9-/m1/s1. The molecule has 1 amide bonds. The van der Waals surface area contributed by atoms with Crippen molar-refractivity contribution in [3.8, 4) is 0 Å². The third-order valence-electron chi connectivity index (χ3n) is 2.86. The zero-order valence-corrected chi connectivity index (χ0v) is 10.6. The number of carbonyl (C=O) groups is 3. The van der Waals surface area contributed by atoms with Crippen molar-refractivity contribution in [2.24, 2.45) is 0 Å². The first kappa shape index (κ1) is 13.3. The average molecular weight is 261 g/mol. The summed E-state index contributed by atoms with van der Waals surface area (Å²) in [6.07, 6.45) is 1.85. The van der Waals surface area contributed by atoms with Gasteiger partial charge >= 0.3 is 5.97 Å². The Morgan fingerprint density at radius 2 is 1.95 bits per heavy atom. The highest BCUT2D eigenvalue weighted by Crippen LogP contribution is 2.19. The van der Waals surface area contributed by atoms with Crippen LogP contribution in [0.25, 0.3) is 0 Å². The third kappa shape index (κ3) is 3.64. The van der Waals surface area contributed by atoms with Gasteiger partial charge in [-0.2, -0.15) is 0 Å². The van der Waals surface area contributed by atoms with Gasteiger partial charge < -0.3 is 10.1 Å². The molecule has 0 bridgehead atoms. The van der Waals surface area contributed by atoms with Crippen LogP contribution in [0.2, 0.25) is 0 Å². The normalized spacial score (nSPS) is 15.4. The molecule has 0 heterocycles. The highest BCUT2D eigenvalue weighted by atomic mass is 16.5. The lowest BCUT2D eigenvalue weighted by atomic mass is 10.1. The number of esters is 1. The average Bonchev–Trinajstić information content (AvgIpc) is 3.22. The number of hydrogen-bond donors (Lipinski definition) is 1. The Kier molecular flexibility index (Phi) is 3.94. The van der Waals surface area contributed by atoms with E-state index in [9.17, 15) is 14.4 Å². The van der Waals surface area contributed by atoms with E-state index in [2.05, 4.69) is 5.32 Å². The topological polar surface area (TPSA) is 72.5 Å². The number of hydrogen-bond acceptors (Lipinski definition) is 4. The molecule has 1 saturated carbocycles. The minimum Gasteiger partial charge on any atom is -0.449 e. The molecule has 0 saturated heterocycles. The molecule has 0 aliphatic heterocycles. The van der Waals surface area contributed by atoms with Gasteiger partial charge in [-0.25, -0.2) is 4.79 Å². The molecule has 19 heavy (non-hydrogen) atoms. The van der Waals surface area contributed by atoms with Gasteiger partial charge in [-0.15, -0.1) is 0 Å². The summed E-state index contributed by atoms with van der Waals surface area (Å²) in [6.45, 7) is 1.54. The lowest BCUT2D eigenvalue weighted by molar-refractivity contribution is -0.129. The van der Waals surface area contributed by atoms with Gasteiger partial charge in [-0.1, -0.05) is 12.1 Å². The van der Waals surface area contributed by atoms with Crippen molar-refractivity contribution < 1.29 is 19.1 Å². The fourth-order valence-electron chi connectivity index (χ4n) is 1.53. The predicted molar refractivity (Wildman–Crippen MR) is 67.9 cm³/mol. The monoisotopic (exact) mass is 261 g/mol. The summed E-state index contributed by atoms with van der Waals surface area (Å²) in [7, 11) is 0. The quantitative estimate of drug-likeness (QED) is 0.641. The lowest BCUT2D eigenvalue weighted by Crippen LogP contribution is -2.37. The van der Waals surface area contributed by atoms with Gasteiger partial charge in [-0.05, 0) is 31.9 Å². The Morgan fingerprint density at radius 3 is 2.47 bits per heavy atom. The molecule has 5 nitrogen and oxygen atoms in total. The largest absolute Gasteiger partial charge is 0.449 e. The van der Waals surface area contributed by atoms with Crippen LogP contribution in [0, 0.1) is 0 Å². The minimum absolute atomic E-state index is 0.237. The molecule has 1 aromatic rings. The van der Waals surface area contributed by atoms with Crippen LogP contribution in [-0.4, -0.2) is 30.3 Å². The Balaban J connectivity index is 1.91. The van der Waals surface area contributed by atoms with Crippen molar-refractivity contribution in [3.63, 3.8) is 0 Å². The molecule has 1 N–H and O–H groups in total. The Morgan fingerprint density at radius 1 is 1.32 bits per heavy atom. The molecule has 0 spiro atoms. The van der Waals surface area contributed by atoms with Crippen molar-refractivity contribution in [2.45, 2.75) is 31.9 Å². The maximum absolute atomic E-state index is 11.8. The summed E-state index contributed by atoms with van der Waals surface area (Å²) in [4.78, 5) is 33.9. The van der Waals surface area contributed by atoms with E-state index in [4.69, 9.17) is 4.74 Å². The van der Waals surface area contributed by atoms with Gasteiger partial charge in [0, 0.05) is 11.6 Å². The van der Waals surface area contributed by atoms with Crippen molar-refractivity contribution in [1.82, 2.24) is 5.32 Å². The highest BCUT2D eigenvalue weighted by Gasteiger charge is 2.27. The van der Waals surface area contributed by atoms with E-state index in [0.717, 1.165) is 12.8 Å². The van der Waals surface area contributed by atoms with E-state index in [-0.39, 0.29) is 11.9 Å². The van der Waals surface area contributed by atoms with Gasteiger partial charge in [0.05, 0.1) is 5.56 Å². The fraction of sp³-hybridized carbons (Fsp3) is 0.357. The zero-order chi connectivity index (χ0) is 13.8. The van der Waals surface area contributed by atoms with E-state index >= 15 is 0 Å². The second-order valence-corrected chi connectivity index (χ2v) is 4.57. The number of carbonyl (C=O) groups excluding carboxylic acids is 3. The van der Waals surface area contributed by atoms with E-state index < -0.39 is 12.1 Å². The smallest absolute Gasteiger partial charge is 0.338 e. The number of aldehydes is 1. The van der Waals surface area contributed by atoms with Gasteiger partial charge in [0.2, 0.25) is 0 Å². The number of benzene rings is 1. The summed E-state index contributed by atoms with van der Waals surface area (Å²) in [5, 5.41) is 2.77. The number of rotatable bonds is 5. The Hall–Kier alpha value is -2.17. The van der Waals surface area contributed by atoms with Crippen LogP contribution in [0.1, 0.15) is 40.5 Å². The fourth-order valence-corrected chi connectivity index (χ4v) is 1.53. The molecule has 0 radical (unpaired) electrons. The maximum atomic E-state index is 11.8. The van der Waals surface area contributed by atoms with Gasteiger partial charge in [0.25, 0.3) is 5.91 Å². The van der Waals surface area contributed by atoms with E-state index in [0.29, 0.717) is 17.4 Å². The summed E-state index contributed by atoms with van der Waals surface area (Å²) in [5.41, 5.74) is 0.799. The van der Waals surface area contributed by atoms with Crippen molar-refractivity contribution in [1.29, 1.82) is 0 Å². The van der Waals surface area contributed by atoms with Crippen molar-refractivity contribution >= 4 is 18.2 Å². The van der Waals surface area contributed by atoms with Crippen LogP contribution >= 0.6 is 0 Å². The van der Waals surface area contributed by atoms with E-state index in [1.165, 1.54) is 31.2 Å². The van der Waals surface area contributed by atoms with E-state index in [1.807, 2.05) is 0 Å². The van der Waals surface area contributed by atoms with E-state index in [1.54, 1.807) is 0 Å². The number of nitrogens with one attached hydrogen (secondary N) is 1. The first-order valence-corrected chi connectivity index (χ1v) is 6.17. The summed E-state index contributed by atoms with van der Waals surface area (Å²) < 4.78 is 5.06. The van der Waals surface area contributed by atoms with Crippen molar-refractivity contribution in [3.05, 3.63) is 35.4 Å². The molecule has 0 aromatic heterocycles. The number of ether oxygens (including phenoxy) is 1. The number of amides is 1. The van der Waals surface area contributed by atoms with Gasteiger partial charge in [0.15, 0.2) is 6.10 Å². The molecule has 1 atom stereocenters. The summed E-state index contributed by atoms with van der Waals surface area (Å²) in [5.74, 6) is -0.851. The SMILES string of the molecule is C[C@@H](OC(=O)c1ccc(C=O)cc1)C(=O)NC1CC1. The van der Waals surface area contributed by atoms with Crippen LogP contribution in [-0.2, 0) is 9.53 Å². The molecule has 2 rings (SSSR count). The van der Waals surface area contributed by atoms with Crippen LogP contribution in [0.5, 0.6) is 0 Å². The summed E-state index contributed by atoms with van der Waals surface area (Å²) in [6, 6.07) is 6.28. The predicted octanol–water partition coefficient (Wildman–Crippen LogP) is 1.32. The molecular formula is C14H15NO4. The first-order chi connectivity index (χ1) is 9.10. The Labute approximate surface area is 110 Å². The molecule has 0 unspecified atom stereocenters. The maximum Gasteiger partial charge on any atom is 0.338 e. The second kappa shape index (κ2) is 5.65. The molecule has 1 aromatic carbocycles. The second-order valence-electron chi connectivity index (χ2n) is 4.57. The molecule has 1 fully saturated rings. The molecule has 5 heteroatoms. The zero-order valence-electron chi connectivity index (χ0n) is 10.6. The van der Waals surface area contributed by atoms with Gasteiger partial charge in [0.1, 0.15) is 6.29 Å². The first-order valence-electron chi connectivity index (χ1n) is 6.17.